The molecule has 2 aromatic rings. The van der Waals surface area contributed by atoms with Gasteiger partial charge in [-0.15, -0.1) is 0 Å². The lowest BCUT2D eigenvalue weighted by Gasteiger charge is -2.24. The van der Waals surface area contributed by atoms with Crippen molar-refractivity contribution in [3.63, 3.8) is 0 Å². The summed E-state index contributed by atoms with van der Waals surface area (Å²) in [4.78, 5) is 36.5. The minimum atomic E-state index is -0.600. The Morgan fingerprint density at radius 2 is 1.83 bits per heavy atom. The number of urea groups is 1. The lowest BCUT2D eigenvalue weighted by molar-refractivity contribution is -0.146. The molecule has 3 amide bonds. The Bertz CT molecular complexity index is 968. The van der Waals surface area contributed by atoms with Gasteiger partial charge in [0, 0.05) is 17.2 Å². The first-order valence-corrected chi connectivity index (χ1v) is 9.56. The molecule has 4 rings (SSSR count). The number of anilines is 1. The molecular weight excluding hydrogens is 368 g/mol. The van der Waals surface area contributed by atoms with Gasteiger partial charge in [-0.2, -0.15) is 0 Å². The largest absolute Gasteiger partial charge is 0.465 e. The maximum absolute atomic E-state index is 12.4. The van der Waals surface area contributed by atoms with Crippen LogP contribution < -0.4 is 10.6 Å². The van der Waals surface area contributed by atoms with Gasteiger partial charge in [0.15, 0.2) is 0 Å². The maximum Gasteiger partial charge on any atom is 0.326 e. The molecular formula is C23H22N2O4. The molecule has 0 radical (unpaired) electrons. The Morgan fingerprint density at radius 1 is 1.10 bits per heavy atom. The van der Waals surface area contributed by atoms with Gasteiger partial charge in [0.2, 0.25) is 0 Å². The van der Waals surface area contributed by atoms with Crippen molar-refractivity contribution in [3.05, 3.63) is 77.9 Å². The molecule has 148 valence electrons. The van der Waals surface area contributed by atoms with Crippen LogP contribution in [0.3, 0.4) is 0 Å². The number of esters is 1. The molecule has 0 spiro atoms. The third kappa shape index (κ3) is 3.78. The van der Waals surface area contributed by atoms with Gasteiger partial charge in [0.1, 0.15) is 0 Å². The van der Waals surface area contributed by atoms with Crippen molar-refractivity contribution in [2.75, 3.05) is 11.9 Å². The molecule has 29 heavy (non-hydrogen) atoms. The van der Waals surface area contributed by atoms with Gasteiger partial charge in [-0.1, -0.05) is 42.5 Å². The van der Waals surface area contributed by atoms with Crippen LogP contribution in [0.25, 0.3) is 0 Å². The van der Waals surface area contributed by atoms with E-state index in [1.807, 2.05) is 12.1 Å². The summed E-state index contributed by atoms with van der Waals surface area (Å²) >= 11 is 0. The molecule has 2 unspecified atom stereocenters. The number of imide groups is 1. The molecule has 1 aliphatic heterocycles. The van der Waals surface area contributed by atoms with E-state index in [-0.39, 0.29) is 11.9 Å². The highest BCUT2D eigenvalue weighted by Crippen LogP contribution is 2.52. The first kappa shape index (κ1) is 18.9. The van der Waals surface area contributed by atoms with Crippen LogP contribution >= 0.6 is 0 Å². The third-order valence-electron chi connectivity index (χ3n) is 5.70. The van der Waals surface area contributed by atoms with Crippen molar-refractivity contribution in [2.45, 2.75) is 19.3 Å². The lowest BCUT2D eigenvalue weighted by atomic mass is 9.75. The van der Waals surface area contributed by atoms with Crippen molar-refractivity contribution in [2.24, 2.45) is 11.3 Å². The molecule has 2 aromatic carbocycles. The zero-order valence-electron chi connectivity index (χ0n) is 15.9. The Morgan fingerprint density at radius 3 is 2.55 bits per heavy atom. The molecule has 1 saturated carbocycles. The highest BCUT2D eigenvalue weighted by Gasteiger charge is 2.55. The fourth-order valence-electron chi connectivity index (χ4n) is 4.26. The number of nitrogens with one attached hydrogen (secondary N) is 2. The number of benzene rings is 2. The fraction of sp³-hybridized carbons (Fsp3) is 0.261. The monoisotopic (exact) mass is 390 g/mol. The maximum atomic E-state index is 12.4. The second kappa shape index (κ2) is 7.54. The van der Waals surface area contributed by atoms with Crippen LogP contribution in [-0.2, 0) is 16.0 Å². The Hall–Kier alpha value is -3.41. The van der Waals surface area contributed by atoms with Crippen molar-refractivity contribution >= 4 is 23.6 Å². The molecule has 0 aromatic heterocycles. The molecule has 2 fully saturated rings. The molecule has 2 atom stereocenters. The first-order chi connectivity index (χ1) is 14.0. The zero-order chi connectivity index (χ0) is 20.4. The zero-order valence-corrected chi connectivity index (χ0v) is 15.9. The summed E-state index contributed by atoms with van der Waals surface area (Å²) in [7, 11) is 0. The molecule has 1 aliphatic carbocycles. The molecule has 2 N–H and O–H groups in total. The van der Waals surface area contributed by atoms with E-state index in [2.05, 4.69) is 17.2 Å². The summed E-state index contributed by atoms with van der Waals surface area (Å²) in [5.74, 6) is -0.414. The van der Waals surface area contributed by atoms with Crippen LogP contribution in [0.4, 0.5) is 10.5 Å². The quantitative estimate of drug-likeness (QED) is 0.616. The highest BCUT2D eigenvalue weighted by atomic mass is 16.5. The molecule has 1 heterocycles. The number of cyclic esters (lactones) is 1. The van der Waals surface area contributed by atoms with Gasteiger partial charge in [-0.05, 0) is 49.1 Å². The fourth-order valence-corrected chi connectivity index (χ4v) is 4.26. The van der Waals surface area contributed by atoms with Crippen LogP contribution in [-0.4, -0.2) is 24.5 Å². The summed E-state index contributed by atoms with van der Waals surface area (Å²) in [6.45, 7) is 4.53. The number of carbonyl (C=O) groups is 3. The molecule has 0 bridgehead atoms. The highest BCUT2D eigenvalue weighted by molar-refractivity contribution is 6.07. The normalized spacial score (nSPS) is 22.7. The van der Waals surface area contributed by atoms with Crippen LogP contribution in [0.2, 0.25) is 0 Å². The third-order valence-corrected chi connectivity index (χ3v) is 5.70. The topological polar surface area (TPSA) is 84.5 Å². The van der Waals surface area contributed by atoms with Gasteiger partial charge < -0.3 is 10.1 Å². The average molecular weight is 390 g/mol. The summed E-state index contributed by atoms with van der Waals surface area (Å²) in [6, 6.07) is 15.2. The minimum absolute atomic E-state index is 0.137. The predicted octanol–water partition coefficient (Wildman–Crippen LogP) is 3.70. The van der Waals surface area contributed by atoms with E-state index >= 15 is 0 Å². The Balaban J connectivity index is 1.38. The number of carbonyl (C=O) groups excluding carboxylic acids is 3. The van der Waals surface area contributed by atoms with Crippen LogP contribution in [0.1, 0.15) is 28.8 Å². The van der Waals surface area contributed by atoms with Gasteiger partial charge in [0.25, 0.3) is 5.91 Å². The van der Waals surface area contributed by atoms with E-state index in [1.54, 1.807) is 42.5 Å². The Labute approximate surface area is 168 Å². The molecule has 6 heteroatoms. The van der Waals surface area contributed by atoms with Crippen molar-refractivity contribution in [3.8, 4) is 0 Å². The van der Waals surface area contributed by atoms with E-state index in [1.165, 1.54) is 0 Å². The number of fused-ring (bicyclic) bond motifs is 1. The van der Waals surface area contributed by atoms with Crippen LogP contribution in [0.15, 0.2) is 66.7 Å². The SMILES string of the molecule is C=C1CC2COC(=O)C2(Cc2ccc(NC(=O)NC(=O)c3ccccc3)cc2)C1. The van der Waals surface area contributed by atoms with Gasteiger partial charge >= 0.3 is 12.0 Å². The predicted molar refractivity (Wildman–Crippen MR) is 108 cm³/mol. The van der Waals surface area contributed by atoms with Crippen molar-refractivity contribution in [1.82, 2.24) is 5.32 Å². The lowest BCUT2D eigenvalue weighted by Crippen LogP contribution is -2.34. The first-order valence-electron chi connectivity index (χ1n) is 9.56. The minimum Gasteiger partial charge on any atom is -0.465 e. The smallest absolute Gasteiger partial charge is 0.326 e. The number of ether oxygens (including phenoxy) is 1. The second-order valence-corrected chi connectivity index (χ2v) is 7.73. The van der Waals surface area contributed by atoms with E-state index in [4.69, 9.17) is 4.74 Å². The van der Waals surface area contributed by atoms with Crippen molar-refractivity contribution in [1.29, 1.82) is 0 Å². The standard InChI is InChI=1S/C23H22N2O4/c1-15-11-18-14-29-21(27)23(18,12-15)13-16-7-9-19(10-8-16)24-22(28)25-20(26)17-5-3-2-4-6-17/h2-10,18H,1,11-14H2,(H2,24,25,26,28). The van der Waals surface area contributed by atoms with E-state index in [0.717, 1.165) is 17.6 Å². The van der Waals surface area contributed by atoms with Crippen LogP contribution in [0, 0.1) is 11.3 Å². The number of allylic oxidation sites excluding steroid dienone is 1. The van der Waals surface area contributed by atoms with E-state index < -0.39 is 17.4 Å². The molecule has 6 nitrogen and oxygen atoms in total. The number of rotatable bonds is 4. The number of hydrogen-bond donors (Lipinski definition) is 2. The van der Waals surface area contributed by atoms with Gasteiger partial charge in [-0.25, -0.2) is 4.79 Å². The summed E-state index contributed by atoms with van der Waals surface area (Å²) in [5.41, 5.74) is 2.56. The number of hydrogen-bond acceptors (Lipinski definition) is 4. The van der Waals surface area contributed by atoms with E-state index in [9.17, 15) is 14.4 Å². The summed E-state index contributed by atoms with van der Waals surface area (Å²) in [6.07, 6.45) is 2.09. The van der Waals surface area contributed by atoms with Gasteiger partial charge in [-0.3, -0.25) is 14.9 Å². The summed E-state index contributed by atoms with van der Waals surface area (Å²) in [5, 5.41) is 4.95. The van der Waals surface area contributed by atoms with Gasteiger partial charge in [0.05, 0.1) is 12.0 Å². The Kier molecular flexibility index (Phi) is 4.92. The number of amides is 3. The van der Waals surface area contributed by atoms with E-state index in [0.29, 0.717) is 30.7 Å². The molecule has 1 saturated heterocycles. The molecule has 2 aliphatic rings. The second-order valence-electron chi connectivity index (χ2n) is 7.73. The van der Waals surface area contributed by atoms with Crippen LogP contribution in [0.5, 0.6) is 0 Å². The average Bonchev–Trinajstić information content (AvgIpc) is 3.18. The van der Waals surface area contributed by atoms with Crippen molar-refractivity contribution < 1.29 is 19.1 Å². The summed E-state index contributed by atoms with van der Waals surface area (Å²) < 4.78 is 5.32.